The van der Waals surface area contributed by atoms with E-state index in [1.165, 1.54) is 11.3 Å². The number of para-hydroxylation sites is 1. The average molecular weight is 303 g/mol. The Morgan fingerprint density at radius 3 is 2.95 bits per heavy atom. The van der Waals surface area contributed by atoms with Crippen molar-refractivity contribution in [2.45, 2.75) is 0 Å². The topological polar surface area (TPSA) is 93.5 Å². The first-order valence-corrected chi connectivity index (χ1v) is 7.23. The van der Waals surface area contributed by atoms with Crippen molar-refractivity contribution in [2.75, 3.05) is 23.8 Å². The molecule has 2 heterocycles. The number of amides is 2. The van der Waals surface area contributed by atoms with Gasteiger partial charge in [-0.1, -0.05) is 6.07 Å². The van der Waals surface area contributed by atoms with Crippen LogP contribution in [0.4, 0.5) is 10.7 Å². The van der Waals surface area contributed by atoms with Gasteiger partial charge in [-0.3, -0.25) is 9.59 Å². The van der Waals surface area contributed by atoms with Gasteiger partial charge in [0.25, 0.3) is 11.8 Å². The number of nitrogens with two attached hydrogens (primary N) is 1. The maximum atomic E-state index is 12.4. The molecule has 0 unspecified atom stereocenters. The smallest absolute Gasteiger partial charge is 0.260 e. The van der Waals surface area contributed by atoms with Crippen molar-refractivity contribution in [2.24, 2.45) is 5.73 Å². The zero-order valence-electron chi connectivity index (χ0n) is 11.0. The number of hydrogen-bond acceptors (Lipinski definition) is 5. The van der Waals surface area contributed by atoms with Crippen molar-refractivity contribution >= 4 is 33.8 Å². The minimum Gasteiger partial charge on any atom is -0.489 e. The summed E-state index contributed by atoms with van der Waals surface area (Å²) >= 11 is 1.25. The van der Waals surface area contributed by atoms with Gasteiger partial charge in [0.15, 0.2) is 5.75 Å². The summed E-state index contributed by atoms with van der Waals surface area (Å²) in [5.41, 5.74) is 6.78. The number of anilines is 2. The number of carbonyl (C=O) groups excluding carboxylic acids is 2. The summed E-state index contributed by atoms with van der Waals surface area (Å²) in [7, 11) is 0. The molecule has 0 atom stereocenters. The normalized spacial score (nSPS) is 12.8. The predicted octanol–water partition coefficient (Wildman–Crippen LogP) is 1.90. The van der Waals surface area contributed by atoms with Gasteiger partial charge in [-0.05, 0) is 23.6 Å². The van der Waals surface area contributed by atoms with Crippen molar-refractivity contribution < 1.29 is 14.3 Å². The molecule has 1 aliphatic rings. The van der Waals surface area contributed by atoms with E-state index in [0.29, 0.717) is 35.0 Å². The maximum Gasteiger partial charge on any atom is 0.260 e. The third-order valence-corrected chi connectivity index (χ3v) is 3.91. The summed E-state index contributed by atoms with van der Waals surface area (Å²) in [6.45, 7) is 1.21. The van der Waals surface area contributed by atoms with Crippen molar-refractivity contribution in [1.82, 2.24) is 0 Å². The van der Waals surface area contributed by atoms with E-state index < -0.39 is 5.91 Å². The first-order chi connectivity index (χ1) is 10.2. The molecular weight excluding hydrogens is 290 g/mol. The first-order valence-electron chi connectivity index (χ1n) is 6.35. The maximum absolute atomic E-state index is 12.4. The molecule has 0 aliphatic carbocycles. The van der Waals surface area contributed by atoms with Gasteiger partial charge in [0.05, 0.1) is 16.8 Å². The molecule has 7 heteroatoms. The molecule has 6 nitrogen and oxygen atoms in total. The first kappa shape index (κ1) is 13.4. The van der Waals surface area contributed by atoms with Crippen molar-refractivity contribution in [3.8, 4) is 5.75 Å². The standard InChI is InChI=1S/C14H13N3O3S/c15-12(18)9-4-7-21-14(9)17-13(19)8-2-1-3-10-11(8)20-6-5-16-10/h1-4,7,16H,5-6H2,(H2,15,18)(H,17,19). The lowest BCUT2D eigenvalue weighted by atomic mass is 10.1. The van der Waals surface area contributed by atoms with Crippen LogP contribution in [0.2, 0.25) is 0 Å². The van der Waals surface area contributed by atoms with Gasteiger partial charge in [-0.25, -0.2) is 0 Å². The molecule has 0 radical (unpaired) electrons. The molecule has 0 bridgehead atoms. The molecule has 2 aromatic rings. The SMILES string of the molecule is NC(=O)c1ccsc1NC(=O)c1cccc2c1OCCN2. The monoisotopic (exact) mass is 303 g/mol. The molecule has 0 spiro atoms. The number of hydrogen-bond donors (Lipinski definition) is 3. The van der Waals surface area contributed by atoms with Gasteiger partial charge in [0.2, 0.25) is 0 Å². The van der Waals surface area contributed by atoms with Gasteiger partial charge >= 0.3 is 0 Å². The summed E-state index contributed by atoms with van der Waals surface area (Å²) in [4.78, 5) is 23.7. The molecule has 0 fully saturated rings. The molecule has 0 saturated heterocycles. The Bertz CT molecular complexity index is 711. The van der Waals surface area contributed by atoms with Crippen LogP contribution >= 0.6 is 11.3 Å². The molecule has 1 aromatic carbocycles. The van der Waals surface area contributed by atoms with Crippen LogP contribution in [-0.4, -0.2) is 25.0 Å². The van der Waals surface area contributed by atoms with Gasteiger partial charge in [-0.2, -0.15) is 0 Å². The Labute approximate surface area is 124 Å². The minimum absolute atomic E-state index is 0.303. The fraction of sp³-hybridized carbons (Fsp3) is 0.143. The van der Waals surface area contributed by atoms with Crippen molar-refractivity contribution in [1.29, 1.82) is 0 Å². The van der Waals surface area contributed by atoms with E-state index >= 15 is 0 Å². The number of primary amides is 1. The van der Waals surface area contributed by atoms with Gasteiger partial charge < -0.3 is 21.1 Å². The minimum atomic E-state index is -0.570. The summed E-state index contributed by atoms with van der Waals surface area (Å²) in [5.74, 6) is -0.376. The molecular formula is C14H13N3O3S. The van der Waals surface area contributed by atoms with Crippen molar-refractivity contribution in [3.63, 3.8) is 0 Å². The van der Waals surface area contributed by atoms with E-state index in [-0.39, 0.29) is 5.91 Å². The Kier molecular flexibility index (Phi) is 3.49. The second-order valence-electron chi connectivity index (χ2n) is 4.44. The Hall–Kier alpha value is -2.54. The van der Waals surface area contributed by atoms with Crippen LogP contribution < -0.4 is 21.1 Å². The van der Waals surface area contributed by atoms with Crippen LogP contribution in [0.15, 0.2) is 29.6 Å². The van der Waals surface area contributed by atoms with Crippen LogP contribution in [0.1, 0.15) is 20.7 Å². The fourth-order valence-electron chi connectivity index (χ4n) is 2.12. The third-order valence-electron chi connectivity index (χ3n) is 3.08. The molecule has 2 amide bonds. The van der Waals surface area contributed by atoms with Crippen LogP contribution in [0.5, 0.6) is 5.75 Å². The number of rotatable bonds is 3. The lowest BCUT2D eigenvalue weighted by Crippen LogP contribution is -2.22. The highest BCUT2D eigenvalue weighted by molar-refractivity contribution is 7.14. The number of ether oxygens (including phenoxy) is 1. The molecule has 21 heavy (non-hydrogen) atoms. The summed E-state index contributed by atoms with van der Waals surface area (Å²) < 4.78 is 5.56. The zero-order valence-corrected chi connectivity index (χ0v) is 11.8. The highest BCUT2D eigenvalue weighted by Gasteiger charge is 2.20. The Morgan fingerprint density at radius 2 is 2.14 bits per heavy atom. The second-order valence-corrected chi connectivity index (χ2v) is 5.36. The van der Waals surface area contributed by atoms with E-state index in [9.17, 15) is 9.59 Å². The van der Waals surface area contributed by atoms with Crippen LogP contribution in [-0.2, 0) is 0 Å². The fourth-order valence-corrected chi connectivity index (χ4v) is 2.91. The molecule has 4 N–H and O–H groups in total. The average Bonchev–Trinajstić information content (AvgIpc) is 2.95. The predicted molar refractivity (Wildman–Crippen MR) is 81.2 cm³/mol. The summed E-state index contributed by atoms with van der Waals surface area (Å²) in [6.07, 6.45) is 0. The van der Waals surface area contributed by atoms with E-state index in [0.717, 1.165) is 5.69 Å². The van der Waals surface area contributed by atoms with E-state index in [2.05, 4.69) is 10.6 Å². The Morgan fingerprint density at radius 1 is 1.29 bits per heavy atom. The highest BCUT2D eigenvalue weighted by Crippen LogP contribution is 2.32. The highest BCUT2D eigenvalue weighted by atomic mass is 32.1. The molecule has 1 aliphatic heterocycles. The van der Waals surface area contributed by atoms with Crippen molar-refractivity contribution in [3.05, 3.63) is 40.8 Å². The van der Waals surface area contributed by atoms with Crippen LogP contribution in [0.3, 0.4) is 0 Å². The lowest BCUT2D eigenvalue weighted by molar-refractivity contribution is 0.100. The summed E-state index contributed by atoms with van der Waals surface area (Å²) in [6, 6.07) is 6.89. The van der Waals surface area contributed by atoms with Gasteiger partial charge in [-0.15, -0.1) is 11.3 Å². The molecule has 108 valence electrons. The molecule has 3 rings (SSSR count). The van der Waals surface area contributed by atoms with E-state index in [4.69, 9.17) is 10.5 Å². The quantitative estimate of drug-likeness (QED) is 0.807. The number of nitrogens with one attached hydrogen (secondary N) is 2. The number of fused-ring (bicyclic) bond motifs is 1. The van der Waals surface area contributed by atoms with Gasteiger partial charge in [0.1, 0.15) is 11.6 Å². The number of thiophene rings is 1. The van der Waals surface area contributed by atoms with E-state index in [1.807, 2.05) is 6.07 Å². The molecule has 1 aromatic heterocycles. The largest absolute Gasteiger partial charge is 0.489 e. The summed E-state index contributed by atoms with van der Waals surface area (Å²) in [5, 5.41) is 8.02. The second kappa shape index (κ2) is 5.45. The third kappa shape index (κ3) is 2.55. The van der Waals surface area contributed by atoms with Gasteiger partial charge in [0, 0.05) is 6.54 Å². The van der Waals surface area contributed by atoms with E-state index in [1.54, 1.807) is 23.6 Å². The van der Waals surface area contributed by atoms with Crippen LogP contribution in [0, 0.1) is 0 Å². The van der Waals surface area contributed by atoms with Crippen LogP contribution in [0.25, 0.3) is 0 Å². The Balaban J connectivity index is 1.89. The molecule has 0 saturated carbocycles. The lowest BCUT2D eigenvalue weighted by Gasteiger charge is -2.21. The zero-order chi connectivity index (χ0) is 14.8. The number of carbonyl (C=O) groups is 2. The number of benzene rings is 1.